The van der Waals surface area contributed by atoms with Gasteiger partial charge >= 0.3 is 71.8 Å². The van der Waals surface area contributed by atoms with E-state index in [9.17, 15) is 119 Å². The molecule has 0 radical (unpaired) electrons. The molecule has 0 bridgehead atoms. The van der Waals surface area contributed by atoms with Crippen LogP contribution in [0.2, 0.25) is 0 Å². The number of rotatable bonds is 10. The second kappa shape index (κ2) is 11.2. The first-order valence-corrected chi connectivity index (χ1v) is 11.2. The molecular formula is C21H9F27. The standard InChI is InChI=1S/C21H9F27/c1-5(2)9-7(11(24,25)14(30,31)17(36,37)20(43,44)45)3-6(10(22,23)13(28,29)16(34,35)19(40,41)42)4-8(9)12(26,27)15(32,33)18(38,39)21(46,47)48/h3-5H,1-2H3. The summed E-state index contributed by atoms with van der Waals surface area (Å²) in [6.45, 7) is -0.252. The Balaban J connectivity index is 4.77. The van der Waals surface area contributed by atoms with Gasteiger partial charge < -0.3 is 0 Å². The summed E-state index contributed by atoms with van der Waals surface area (Å²) in [4.78, 5) is 0. The van der Waals surface area contributed by atoms with Gasteiger partial charge in [-0.15, -0.1) is 0 Å². The lowest BCUT2D eigenvalue weighted by molar-refractivity contribution is -0.401. The van der Waals surface area contributed by atoms with Crippen molar-refractivity contribution in [3.63, 3.8) is 0 Å². The van der Waals surface area contributed by atoms with Crippen LogP contribution in [-0.2, 0) is 17.8 Å². The van der Waals surface area contributed by atoms with E-state index in [0.29, 0.717) is 0 Å². The minimum absolute atomic E-state index is 0.126. The van der Waals surface area contributed by atoms with E-state index in [0.717, 1.165) is 0 Å². The summed E-state index contributed by atoms with van der Waals surface area (Å²) in [5.74, 6) is -76.3. The first-order chi connectivity index (χ1) is 20.4. The largest absolute Gasteiger partial charge is 0.460 e. The van der Waals surface area contributed by atoms with Crippen LogP contribution < -0.4 is 0 Å². The summed E-state index contributed by atoms with van der Waals surface area (Å²) in [5, 5.41) is 0. The topological polar surface area (TPSA) is 0 Å². The smallest absolute Gasteiger partial charge is 0.194 e. The summed E-state index contributed by atoms with van der Waals surface area (Å²) < 4.78 is 367. The van der Waals surface area contributed by atoms with E-state index in [-0.39, 0.29) is 13.8 Å². The van der Waals surface area contributed by atoms with Gasteiger partial charge in [-0.05, 0) is 23.6 Å². The number of benzene rings is 1. The third-order valence-corrected chi connectivity index (χ3v) is 6.23. The molecule has 0 saturated heterocycles. The van der Waals surface area contributed by atoms with Crippen LogP contribution in [0.25, 0.3) is 0 Å². The normalized spacial score (nSPS) is 16.2. The average Bonchev–Trinajstić information content (AvgIpc) is 2.84. The minimum atomic E-state index is -8.32. The predicted octanol–water partition coefficient (Wildman–Crippen LogP) is 11.6. The molecule has 1 aromatic carbocycles. The SMILES string of the molecule is CC(C)c1c(C(F)(F)C(F)(F)C(F)(F)C(F)(F)F)cc(C(F)(F)C(F)(F)C(F)(F)C(F)(F)F)cc1C(F)(F)C(F)(F)C(F)(F)C(F)(F)F. The van der Waals surface area contributed by atoms with E-state index in [1.54, 1.807) is 0 Å². The molecule has 0 N–H and O–H groups in total. The summed E-state index contributed by atoms with van der Waals surface area (Å²) in [6, 6.07) is -4.29. The molecule has 0 saturated carbocycles. The molecule has 0 aliphatic rings. The zero-order valence-electron chi connectivity index (χ0n) is 21.9. The Morgan fingerprint density at radius 3 is 0.729 bits per heavy atom. The van der Waals surface area contributed by atoms with Gasteiger partial charge in [-0.2, -0.15) is 119 Å². The molecule has 0 aromatic heterocycles. The molecule has 27 heteroatoms. The van der Waals surface area contributed by atoms with Gasteiger partial charge in [0.1, 0.15) is 0 Å². The molecule has 0 nitrogen and oxygen atoms in total. The lowest BCUT2D eigenvalue weighted by Crippen LogP contribution is -2.61. The average molecular weight is 774 g/mol. The first-order valence-electron chi connectivity index (χ1n) is 11.2. The molecular weight excluding hydrogens is 765 g/mol. The lowest BCUT2D eigenvalue weighted by atomic mass is 9.79. The highest BCUT2D eigenvalue weighted by molar-refractivity contribution is 5.49. The quantitative estimate of drug-likeness (QED) is 0.208. The Labute approximate surface area is 245 Å². The van der Waals surface area contributed by atoms with E-state index in [2.05, 4.69) is 0 Å². The van der Waals surface area contributed by atoms with Crippen molar-refractivity contribution < 1.29 is 119 Å². The second-order valence-corrected chi connectivity index (χ2v) is 9.80. The molecule has 0 aliphatic carbocycles. The molecule has 0 unspecified atom stereocenters. The number of alkyl halides is 27. The number of hydrogen-bond acceptors (Lipinski definition) is 0. The highest BCUT2D eigenvalue weighted by atomic mass is 19.4. The minimum Gasteiger partial charge on any atom is -0.194 e. The summed E-state index contributed by atoms with van der Waals surface area (Å²) in [7, 11) is 0. The maximum Gasteiger partial charge on any atom is 0.460 e. The molecule has 282 valence electrons. The molecule has 1 aromatic rings. The Morgan fingerprint density at radius 2 is 0.542 bits per heavy atom. The van der Waals surface area contributed by atoms with Crippen LogP contribution in [-0.4, -0.2) is 54.1 Å². The fraction of sp³-hybridized carbons (Fsp3) is 0.714. The van der Waals surface area contributed by atoms with Crippen molar-refractivity contribution in [2.45, 2.75) is 91.6 Å². The van der Waals surface area contributed by atoms with Gasteiger partial charge in [-0.25, -0.2) is 0 Å². The van der Waals surface area contributed by atoms with Gasteiger partial charge in [0, 0.05) is 16.7 Å². The molecule has 0 fully saturated rings. The predicted molar refractivity (Wildman–Crippen MR) is 100 cm³/mol. The Kier molecular flexibility index (Phi) is 10.1. The van der Waals surface area contributed by atoms with Crippen molar-refractivity contribution in [3.8, 4) is 0 Å². The Hall–Kier alpha value is -2.67. The van der Waals surface area contributed by atoms with Crippen LogP contribution in [0.5, 0.6) is 0 Å². The van der Waals surface area contributed by atoms with Crippen LogP contribution >= 0.6 is 0 Å². The second-order valence-electron chi connectivity index (χ2n) is 9.80. The third-order valence-electron chi connectivity index (χ3n) is 6.23. The van der Waals surface area contributed by atoms with E-state index >= 15 is 0 Å². The molecule has 0 amide bonds. The number of halogens is 27. The van der Waals surface area contributed by atoms with Gasteiger partial charge in [0.2, 0.25) is 0 Å². The molecule has 48 heavy (non-hydrogen) atoms. The summed E-state index contributed by atoms with van der Waals surface area (Å²) >= 11 is 0. The van der Waals surface area contributed by atoms with E-state index in [1.165, 1.54) is 0 Å². The first kappa shape index (κ1) is 43.4. The van der Waals surface area contributed by atoms with E-state index in [4.69, 9.17) is 0 Å². The van der Waals surface area contributed by atoms with Crippen LogP contribution in [0.3, 0.4) is 0 Å². The third kappa shape index (κ3) is 5.74. The van der Waals surface area contributed by atoms with Crippen molar-refractivity contribution in [1.29, 1.82) is 0 Å². The van der Waals surface area contributed by atoms with Crippen molar-refractivity contribution in [2.75, 3.05) is 0 Å². The van der Waals surface area contributed by atoms with Crippen molar-refractivity contribution >= 4 is 0 Å². The maximum atomic E-state index is 14.9. The van der Waals surface area contributed by atoms with Crippen molar-refractivity contribution in [1.82, 2.24) is 0 Å². The van der Waals surface area contributed by atoms with Gasteiger partial charge in [-0.3, -0.25) is 0 Å². The van der Waals surface area contributed by atoms with Gasteiger partial charge in [0.25, 0.3) is 0 Å². The summed E-state index contributed by atoms with van der Waals surface area (Å²) in [6.07, 6.45) is -23.7. The van der Waals surface area contributed by atoms with Crippen molar-refractivity contribution in [2.24, 2.45) is 0 Å². The number of hydrogen-bond donors (Lipinski definition) is 0. The van der Waals surface area contributed by atoms with E-state index in [1.807, 2.05) is 0 Å². The molecule has 1 rings (SSSR count). The van der Waals surface area contributed by atoms with Crippen LogP contribution in [0.4, 0.5) is 119 Å². The zero-order chi connectivity index (χ0) is 39.3. The molecule has 0 spiro atoms. The van der Waals surface area contributed by atoms with Gasteiger partial charge in [0.05, 0.1) is 0 Å². The fourth-order valence-corrected chi connectivity index (χ4v) is 3.62. The van der Waals surface area contributed by atoms with E-state index < -0.39 is 112 Å². The maximum absolute atomic E-state index is 14.9. The van der Waals surface area contributed by atoms with Crippen LogP contribution in [0.1, 0.15) is 42.0 Å². The Bertz CT molecular complexity index is 1260. The highest BCUT2D eigenvalue weighted by Crippen LogP contribution is 2.63. The molecule has 0 aliphatic heterocycles. The zero-order valence-corrected chi connectivity index (χ0v) is 21.9. The summed E-state index contributed by atoms with van der Waals surface area (Å²) in [5.41, 5.74) is -15.9. The van der Waals surface area contributed by atoms with Gasteiger partial charge in [0.15, 0.2) is 0 Å². The van der Waals surface area contributed by atoms with Crippen LogP contribution in [0, 0.1) is 0 Å². The Morgan fingerprint density at radius 1 is 0.333 bits per heavy atom. The van der Waals surface area contributed by atoms with Gasteiger partial charge in [-0.1, -0.05) is 13.8 Å². The van der Waals surface area contributed by atoms with Crippen molar-refractivity contribution in [3.05, 3.63) is 34.4 Å². The molecule has 0 atom stereocenters. The monoisotopic (exact) mass is 774 g/mol. The molecule has 0 heterocycles. The lowest BCUT2D eigenvalue weighted by Gasteiger charge is -2.39. The highest BCUT2D eigenvalue weighted by Gasteiger charge is 2.85. The van der Waals surface area contributed by atoms with Crippen LogP contribution in [0.15, 0.2) is 12.1 Å². The fourth-order valence-electron chi connectivity index (χ4n) is 3.62.